The number of hydrogen-bond acceptors (Lipinski definition) is 4. The van der Waals surface area contributed by atoms with Gasteiger partial charge < -0.3 is 11.1 Å². The van der Waals surface area contributed by atoms with Crippen LogP contribution in [-0.2, 0) is 6.18 Å². The molecule has 6 nitrogen and oxygen atoms in total. The maximum atomic E-state index is 13.2. The summed E-state index contributed by atoms with van der Waals surface area (Å²) >= 11 is 5.78. The van der Waals surface area contributed by atoms with E-state index in [9.17, 15) is 18.0 Å². The number of alkyl halides is 3. The minimum Gasteiger partial charge on any atom is -0.397 e. The van der Waals surface area contributed by atoms with Crippen LogP contribution >= 0.6 is 11.6 Å². The van der Waals surface area contributed by atoms with Gasteiger partial charge in [-0.25, -0.2) is 4.68 Å². The van der Waals surface area contributed by atoms with Crippen molar-refractivity contribution in [3.63, 3.8) is 0 Å². The molecule has 0 aliphatic heterocycles. The van der Waals surface area contributed by atoms with Gasteiger partial charge in [-0.1, -0.05) is 17.7 Å². The first-order chi connectivity index (χ1) is 15.1. The molecule has 0 spiro atoms. The number of nitriles is 1. The zero-order chi connectivity index (χ0) is 23.9. The van der Waals surface area contributed by atoms with Crippen molar-refractivity contribution < 1.29 is 18.0 Å². The average molecular weight is 462 g/mol. The smallest absolute Gasteiger partial charge is 0.397 e. The molecule has 3 N–H and O–H groups in total. The molecule has 0 radical (unpaired) electrons. The third-order valence-electron chi connectivity index (χ3n) is 3.98. The number of anilines is 2. The van der Waals surface area contributed by atoms with Crippen molar-refractivity contribution in [1.29, 1.82) is 5.26 Å². The van der Waals surface area contributed by atoms with Gasteiger partial charge in [0.05, 0.1) is 29.6 Å². The van der Waals surface area contributed by atoms with E-state index < -0.39 is 17.8 Å². The van der Waals surface area contributed by atoms with Crippen molar-refractivity contribution in [2.24, 2.45) is 0 Å². The number of nitrogens with zero attached hydrogens (tertiary/aromatic N) is 3. The Labute approximate surface area is 187 Å². The molecular formula is C22H19ClF3N5O. The van der Waals surface area contributed by atoms with Crippen molar-refractivity contribution in [3.8, 4) is 11.8 Å². The fourth-order valence-corrected chi connectivity index (χ4v) is 2.71. The maximum Gasteiger partial charge on any atom is 0.433 e. The zero-order valence-corrected chi connectivity index (χ0v) is 17.7. The number of allylic oxidation sites excluding steroid dienone is 1. The standard InChI is InChI=1S/C18H14ClF3N4O.C4H5N/c1-10-8-16(18(20,21)22)26(25-10)15-7-6-13(9-14(15)23)24-17(27)11-2-4-12(19)5-3-11;1-2-3-4-5/h2-9H,23H2,1H3,(H,24,27);2H,1,3H2. The number of carbonyl (C=O) groups excluding carboxylic acids is 1. The zero-order valence-electron chi connectivity index (χ0n) is 16.9. The first-order valence-electron chi connectivity index (χ1n) is 9.15. The summed E-state index contributed by atoms with van der Waals surface area (Å²) in [5, 5.41) is 14.7. The van der Waals surface area contributed by atoms with Crippen molar-refractivity contribution >= 4 is 28.9 Å². The number of hydrogen-bond donors (Lipinski definition) is 2. The minimum absolute atomic E-state index is 0.0394. The van der Waals surface area contributed by atoms with Crippen LogP contribution in [0.1, 0.15) is 28.2 Å². The van der Waals surface area contributed by atoms with Crippen molar-refractivity contribution in [2.45, 2.75) is 19.5 Å². The Hall–Kier alpha value is -3.77. The molecule has 0 fully saturated rings. The molecule has 3 rings (SSSR count). The van der Waals surface area contributed by atoms with Gasteiger partial charge in [0, 0.05) is 16.3 Å². The Morgan fingerprint density at radius 1 is 1.28 bits per heavy atom. The van der Waals surface area contributed by atoms with Crippen LogP contribution in [0.3, 0.4) is 0 Å². The predicted octanol–water partition coefficient (Wildman–Crippen LogP) is 5.77. The Balaban J connectivity index is 0.000000654. The van der Waals surface area contributed by atoms with E-state index in [2.05, 4.69) is 17.0 Å². The number of carbonyl (C=O) groups is 1. The van der Waals surface area contributed by atoms with E-state index in [1.807, 2.05) is 6.07 Å². The molecule has 32 heavy (non-hydrogen) atoms. The highest BCUT2D eigenvalue weighted by molar-refractivity contribution is 6.30. The second-order valence-electron chi connectivity index (χ2n) is 6.47. The third kappa shape index (κ3) is 6.36. The minimum atomic E-state index is -4.57. The summed E-state index contributed by atoms with van der Waals surface area (Å²) in [7, 11) is 0. The fourth-order valence-electron chi connectivity index (χ4n) is 2.58. The molecule has 1 heterocycles. The van der Waals surface area contributed by atoms with Crippen molar-refractivity contribution in [2.75, 3.05) is 11.1 Å². The topological polar surface area (TPSA) is 96.7 Å². The van der Waals surface area contributed by atoms with Crippen molar-refractivity contribution in [3.05, 3.63) is 83.2 Å². The lowest BCUT2D eigenvalue weighted by molar-refractivity contribution is -0.142. The van der Waals surface area contributed by atoms with Gasteiger partial charge >= 0.3 is 6.18 Å². The lowest BCUT2D eigenvalue weighted by atomic mass is 10.2. The summed E-state index contributed by atoms with van der Waals surface area (Å²) in [4.78, 5) is 12.2. The first kappa shape index (κ1) is 24.5. The highest BCUT2D eigenvalue weighted by Gasteiger charge is 2.36. The second kappa shape index (κ2) is 10.5. The van der Waals surface area contributed by atoms with Crippen LogP contribution in [0.2, 0.25) is 5.02 Å². The molecule has 0 bridgehead atoms. The summed E-state index contributed by atoms with van der Waals surface area (Å²) in [5.41, 5.74) is 6.02. The number of benzene rings is 2. The lowest BCUT2D eigenvalue weighted by Gasteiger charge is -2.13. The molecule has 0 unspecified atom stereocenters. The molecule has 2 aromatic carbocycles. The molecule has 1 aromatic heterocycles. The van der Waals surface area contributed by atoms with Gasteiger partial charge in [-0.05, 0) is 55.5 Å². The molecule has 10 heteroatoms. The van der Waals surface area contributed by atoms with Gasteiger partial charge in [-0.3, -0.25) is 4.79 Å². The summed E-state index contributed by atoms with van der Waals surface area (Å²) in [5.74, 6) is -0.398. The summed E-state index contributed by atoms with van der Waals surface area (Å²) in [6.45, 7) is 4.79. The number of amides is 1. The Bertz CT molecular complexity index is 1150. The van der Waals surface area contributed by atoms with Crippen LogP contribution in [-0.4, -0.2) is 15.7 Å². The van der Waals surface area contributed by atoms with E-state index in [1.165, 1.54) is 25.1 Å². The molecule has 0 saturated carbocycles. The molecule has 166 valence electrons. The molecule has 0 atom stereocenters. The normalized spacial score (nSPS) is 10.5. The van der Waals surface area contributed by atoms with Crippen molar-refractivity contribution in [1.82, 2.24) is 9.78 Å². The first-order valence-corrected chi connectivity index (χ1v) is 9.53. The van der Waals surface area contributed by atoms with E-state index in [0.717, 1.165) is 10.7 Å². The highest BCUT2D eigenvalue weighted by atomic mass is 35.5. The van der Waals surface area contributed by atoms with E-state index in [-0.39, 0.29) is 17.1 Å². The van der Waals surface area contributed by atoms with E-state index in [0.29, 0.717) is 22.7 Å². The van der Waals surface area contributed by atoms with Gasteiger partial charge in [0.15, 0.2) is 0 Å². The Morgan fingerprint density at radius 3 is 2.44 bits per heavy atom. The van der Waals surface area contributed by atoms with Gasteiger partial charge in [0.2, 0.25) is 0 Å². The molecule has 0 aliphatic rings. The number of nitrogen functional groups attached to an aromatic ring is 1. The quantitative estimate of drug-likeness (QED) is 0.380. The lowest BCUT2D eigenvalue weighted by Crippen LogP contribution is -2.15. The van der Waals surface area contributed by atoms with E-state index in [4.69, 9.17) is 22.6 Å². The number of halogens is 4. The third-order valence-corrected chi connectivity index (χ3v) is 4.23. The summed E-state index contributed by atoms with van der Waals surface area (Å²) in [6.07, 6.45) is -2.55. The largest absolute Gasteiger partial charge is 0.433 e. The van der Waals surface area contributed by atoms with Crippen LogP contribution in [0, 0.1) is 18.3 Å². The van der Waals surface area contributed by atoms with Crippen LogP contribution in [0.4, 0.5) is 24.5 Å². The Morgan fingerprint density at radius 2 is 1.94 bits per heavy atom. The highest BCUT2D eigenvalue weighted by Crippen LogP contribution is 2.33. The summed E-state index contributed by atoms with van der Waals surface area (Å²) < 4.78 is 40.3. The number of rotatable bonds is 4. The SMILES string of the molecule is C=CCC#N.Cc1cc(C(F)(F)F)n(-c2ccc(NC(=O)c3ccc(Cl)cc3)cc2N)n1. The Kier molecular flexibility index (Phi) is 8.04. The van der Waals surface area contributed by atoms with Gasteiger partial charge in [-0.15, -0.1) is 6.58 Å². The van der Waals surface area contributed by atoms with Crippen LogP contribution in [0.15, 0.2) is 61.2 Å². The van der Waals surface area contributed by atoms with Crippen LogP contribution < -0.4 is 11.1 Å². The van der Waals surface area contributed by atoms with Crippen LogP contribution in [0.25, 0.3) is 5.69 Å². The molecule has 1 amide bonds. The number of aromatic nitrogens is 2. The van der Waals surface area contributed by atoms with Gasteiger partial charge in [-0.2, -0.15) is 23.5 Å². The second-order valence-corrected chi connectivity index (χ2v) is 6.90. The molecular weight excluding hydrogens is 443 g/mol. The summed E-state index contributed by atoms with van der Waals surface area (Å²) in [6, 6.07) is 13.3. The fraction of sp³-hybridized carbons (Fsp3) is 0.136. The number of nitrogens with one attached hydrogen (secondary N) is 1. The number of aryl methyl sites for hydroxylation is 1. The number of nitrogens with two attached hydrogens (primary N) is 1. The molecule has 0 aliphatic carbocycles. The predicted molar refractivity (Wildman–Crippen MR) is 118 cm³/mol. The molecule has 3 aromatic rings. The molecule has 0 saturated heterocycles. The average Bonchev–Trinajstić information content (AvgIpc) is 3.11. The van der Waals surface area contributed by atoms with E-state index >= 15 is 0 Å². The van der Waals surface area contributed by atoms with Gasteiger partial charge in [0.1, 0.15) is 5.69 Å². The monoisotopic (exact) mass is 461 g/mol. The van der Waals surface area contributed by atoms with Crippen LogP contribution in [0.5, 0.6) is 0 Å². The maximum absolute atomic E-state index is 13.2. The van der Waals surface area contributed by atoms with Gasteiger partial charge in [0.25, 0.3) is 5.91 Å². The van der Waals surface area contributed by atoms with E-state index in [1.54, 1.807) is 30.3 Å².